The fourth-order valence-corrected chi connectivity index (χ4v) is 1.46. The minimum atomic E-state index is -0.782. The van der Waals surface area contributed by atoms with Crippen molar-refractivity contribution >= 4 is 34.9 Å². The van der Waals surface area contributed by atoms with E-state index in [2.05, 4.69) is 5.32 Å². The van der Waals surface area contributed by atoms with Gasteiger partial charge in [-0.1, -0.05) is 30.1 Å². The lowest BCUT2D eigenvalue weighted by molar-refractivity contribution is -0.141. The molecule has 0 aliphatic heterocycles. The molecule has 0 saturated heterocycles. The largest absolute Gasteiger partial charge is 0.481 e. The van der Waals surface area contributed by atoms with E-state index in [0.717, 1.165) is 5.69 Å². The van der Waals surface area contributed by atoms with Gasteiger partial charge in [0.05, 0.1) is 16.0 Å². The van der Waals surface area contributed by atoms with Crippen LogP contribution in [0.1, 0.15) is 13.3 Å². The highest BCUT2D eigenvalue weighted by Crippen LogP contribution is 2.24. The Morgan fingerprint density at radius 3 is 2.69 bits per heavy atom. The van der Waals surface area contributed by atoms with E-state index in [9.17, 15) is 4.79 Å². The van der Waals surface area contributed by atoms with E-state index in [1.54, 1.807) is 25.1 Å². The molecule has 0 radical (unpaired) electrons. The number of nitrogens with one attached hydrogen (secondary N) is 1. The van der Waals surface area contributed by atoms with Crippen molar-refractivity contribution in [3.05, 3.63) is 28.2 Å². The number of aliphatic carboxylic acids is 1. The molecular weight excluding hydrogens is 249 g/mol. The normalized spacial score (nSPS) is 12.2. The summed E-state index contributed by atoms with van der Waals surface area (Å²) in [5.41, 5.74) is 0.840. The summed E-state index contributed by atoms with van der Waals surface area (Å²) in [7, 11) is 0. The third-order valence-corrected chi connectivity index (χ3v) is 2.99. The second kappa shape index (κ2) is 5.97. The number of hydrogen-bond donors (Lipinski definition) is 2. The molecule has 16 heavy (non-hydrogen) atoms. The summed E-state index contributed by atoms with van der Waals surface area (Å²) >= 11 is 11.6. The first-order valence-electron chi connectivity index (χ1n) is 4.92. The second-order valence-corrected chi connectivity index (χ2v) is 4.40. The molecule has 1 unspecified atom stereocenters. The van der Waals surface area contributed by atoms with Crippen LogP contribution in [0.3, 0.4) is 0 Å². The Labute approximate surface area is 104 Å². The number of hydrogen-bond acceptors (Lipinski definition) is 2. The van der Waals surface area contributed by atoms with Crippen LogP contribution in [0.4, 0.5) is 5.69 Å². The topological polar surface area (TPSA) is 49.3 Å². The Hall–Kier alpha value is -0.930. The van der Waals surface area contributed by atoms with Gasteiger partial charge in [0.25, 0.3) is 0 Å². The molecule has 5 heteroatoms. The van der Waals surface area contributed by atoms with E-state index in [1.807, 2.05) is 0 Å². The summed E-state index contributed by atoms with van der Waals surface area (Å²) in [4.78, 5) is 10.6. The molecule has 3 nitrogen and oxygen atoms in total. The molecule has 0 amide bonds. The van der Waals surface area contributed by atoms with E-state index in [4.69, 9.17) is 28.3 Å². The van der Waals surface area contributed by atoms with Crippen molar-refractivity contribution in [1.82, 2.24) is 0 Å². The Morgan fingerprint density at radius 1 is 1.44 bits per heavy atom. The summed E-state index contributed by atoms with van der Waals surface area (Å²) in [6, 6.07) is 5.22. The van der Waals surface area contributed by atoms with Crippen LogP contribution in [0, 0.1) is 5.92 Å². The number of benzene rings is 1. The molecule has 0 aliphatic rings. The molecule has 2 N–H and O–H groups in total. The van der Waals surface area contributed by atoms with Crippen LogP contribution in [0.25, 0.3) is 0 Å². The van der Waals surface area contributed by atoms with Gasteiger partial charge in [0.1, 0.15) is 0 Å². The third kappa shape index (κ3) is 3.91. The highest BCUT2D eigenvalue weighted by atomic mass is 35.5. The van der Waals surface area contributed by atoms with Crippen LogP contribution in [0.5, 0.6) is 0 Å². The van der Waals surface area contributed by atoms with Gasteiger partial charge in [-0.3, -0.25) is 4.79 Å². The molecule has 0 aliphatic carbocycles. The van der Waals surface area contributed by atoms with Crippen LogP contribution < -0.4 is 5.32 Å². The van der Waals surface area contributed by atoms with E-state index < -0.39 is 5.97 Å². The van der Waals surface area contributed by atoms with Gasteiger partial charge in [0, 0.05) is 12.2 Å². The van der Waals surface area contributed by atoms with Crippen molar-refractivity contribution in [2.24, 2.45) is 5.92 Å². The van der Waals surface area contributed by atoms with E-state index >= 15 is 0 Å². The average Bonchev–Trinajstić information content (AvgIpc) is 2.23. The monoisotopic (exact) mass is 261 g/mol. The van der Waals surface area contributed by atoms with Crippen molar-refractivity contribution in [2.45, 2.75) is 13.3 Å². The summed E-state index contributed by atoms with van der Waals surface area (Å²) < 4.78 is 0. The minimum absolute atomic E-state index is 0.352. The molecule has 0 heterocycles. The fourth-order valence-electron chi connectivity index (χ4n) is 1.16. The first-order valence-corrected chi connectivity index (χ1v) is 5.68. The summed E-state index contributed by atoms with van der Waals surface area (Å²) in [5.74, 6) is -1.13. The van der Waals surface area contributed by atoms with Gasteiger partial charge in [-0.25, -0.2) is 0 Å². The predicted molar refractivity (Wildman–Crippen MR) is 66.4 cm³/mol. The Bertz CT molecular complexity index is 382. The lowest BCUT2D eigenvalue weighted by Crippen LogP contribution is -2.14. The summed E-state index contributed by atoms with van der Waals surface area (Å²) in [5, 5.41) is 12.8. The third-order valence-electron chi connectivity index (χ3n) is 2.25. The van der Waals surface area contributed by atoms with Gasteiger partial charge in [0.15, 0.2) is 0 Å². The van der Waals surface area contributed by atoms with Crippen molar-refractivity contribution in [3.63, 3.8) is 0 Å². The number of rotatable bonds is 5. The summed E-state index contributed by atoms with van der Waals surface area (Å²) in [6.07, 6.45) is 0.565. The van der Waals surface area contributed by atoms with Gasteiger partial charge in [-0.05, 0) is 24.6 Å². The maximum atomic E-state index is 10.6. The smallest absolute Gasteiger partial charge is 0.306 e. The minimum Gasteiger partial charge on any atom is -0.481 e. The van der Waals surface area contributed by atoms with E-state index in [-0.39, 0.29) is 5.92 Å². The average molecular weight is 262 g/mol. The molecule has 0 saturated carbocycles. The van der Waals surface area contributed by atoms with Crippen molar-refractivity contribution < 1.29 is 9.90 Å². The number of halogens is 2. The highest BCUT2D eigenvalue weighted by molar-refractivity contribution is 6.42. The van der Waals surface area contributed by atoms with Gasteiger partial charge in [0.2, 0.25) is 0 Å². The molecule has 1 aromatic rings. The van der Waals surface area contributed by atoms with Gasteiger partial charge in [-0.15, -0.1) is 0 Å². The maximum Gasteiger partial charge on any atom is 0.306 e. The molecule has 0 fully saturated rings. The zero-order valence-electron chi connectivity index (χ0n) is 8.84. The molecule has 1 aromatic carbocycles. The van der Waals surface area contributed by atoms with Crippen molar-refractivity contribution in [1.29, 1.82) is 0 Å². The Balaban J connectivity index is 2.43. The fraction of sp³-hybridized carbons (Fsp3) is 0.364. The number of carboxylic acid groups (broad SMARTS) is 1. The standard InChI is InChI=1S/C11H13Cl2NO2/c1-7(11(15)16)4-5-14-8-2-3-9(12)10(13)6-8/h2-3,6-7,14H,4-5H2,1H3,(H,15,16). The zero-order valence-corrected chi connectivity index (χ0v) is 10.3. The van der Waals surface area contributed by atoms with Gasteiger partial charge in [-0.2, -0.15) is 0 Å². The molecule has 88 valence electrons. The van der Waals surface area contributed by atoms with Gasteiger partial charge < -0.3 is 10.4 Å². The first kappa shape index (κ1) is 13.1. The maximum absolute atomic E-state index is 10.6. The van der Waals surface area contributed by atoms with Gasteiger partial charge >= 0.3 is 5.97 Å². The van der Waals surface area contributed by atoms with Crippen LogP contribution >= 0.6 is 23.2 Å². The van der Waals surface area contributed by atoms with E-state index in [0.29, 0.717) is 23.0 Å². The number of anilines is 1. The quantitative estimate of drug-likeness (QED) is 0.853. The predicted octanol–water partition coefficient (Wildman–Crippen LogP) is 3.52. The molecule has 0 aromatic heterocycles. The number of carbonyl (C=O) groups is 1. The second-order valence-electron chi connectivity index (χ2n) is 3.58. The van der Waals surface area contributed by atoms with Crippen LogP contribution in [-0.2, 0) is 4.79 Å². The molecule has 0 bridgehead atoms. The van der Waals surface area contributed by atoms with Crippen LogP contribution in [0.15, 0.2) is 18.2 Å². The lowest BCUT2D eigenvalue weighted by Gasteiger charge is -2.09. The highest BCUT2D eigenvalue weighted by Gasteiger charge is 2.09. The Kier molecular flexibility index (Phi) is 4.90. The van der Waals surface area contributed by atoms with Crippen LogP contribution in [0.2, 0.25) is 10.0 Å². The molecular formula is C11H13Cl2NO2. The molecule has 1 atom stereocenters. The lowest BCUT2D eigenvalue weighted by atomic mass is 10.1. The van der Waals surface area contributed by atoms with Crippen molar-refractivity contribution in [2.75, 3.05) is 11.9 Å². The first-order chi connectivity index (χ1) is 7.50. The zero-order chi connectivity index (χ0) is 12.1. The molecule has 1 rings (SSSR count). The SMILES string of the molecule is CC(CCNc1ccc(Cl)c(Cl)c1)C(=O)O. The number of carboxylic acids is 1. The summed E-state index contributed by atoms with van der Waals surface area (Å²) in [6.45, 7) is 2.27. The van der Waals surface area contributed by atoms with Crippen LogP contribution in [-0.4, -0.2) is 17.6 Å². The Morgan fingerprint density at radius 2 is 2.12 bits per heavy atom. The van der Waals surface area contributed by atoms with Crippen molar-refractivity contribution in [3.8, 4) is 0 Å². The molecule has 0 spiro atoms. The van der Waals surface area contributed by atoms with E-state index in [1.165, 1.54) is 0 Å².